The molecule has 0 radical (unpaired) electrons. The van der Waals surface area contributed by atoms with Gasteiger partial charge < -0.3 is 30.2 Å². The van der Waals surface area contributed by atoms with Crippen LogP contribution in [0.15, 0.2) is 54.6 Å². The van der Waals surface area contributed by atoms with E-state index in [1.807, 2.05) is 77.9 Å². The van der Waals surface area contributed by atoms with Gasteiger partial charge in [-0.1, -0.05) is 57.2 Å². The number of aldehydes is 1. The van der Waals surface area contributed by atoms with Crippen LogP contribution in [0.2, 0.25) is 0 Å². The first-order valence-electron chi connectivity index (χ1n) is 16.7. The van der Waals surface area contributed by atoms with Crippen LogP contribution in [0.25, 0.3) is 0 Å². The van der Waals surface area contributed by atoms with E-state index in [1.165, 1.54) is 0 Å². The molecule has 0 saturated carbocycles. The van der Waals surface area contributed by atoms with Gasteiger partial charge in [-0.05, 0) is 101 Å². The number of nitrogens with two attached hydrogens (primary N) is 1. The number of carbonyl (C=O) groups is 1. The molecule has 0 bridgehead atoms. The van der Waals surface area contributed by atoms with Crippen LogP contribution >= 0.6 is 0 Å². The highest BCUT2D eigenvalue weighted by molar-refractivity contribution is 5.78. The second-order valence-electron chi connectivity index (χ2n) is 11.8. The number of aliphatic hydroxyl groups excluding tert-OH is 2. The third kappa shape index (κ3) is 13.6. The van der Waals surface area contributed by atoms with E-state index in [2.05, 4.69) is 13.8 Å². The number of benzene rings is 3. The molecule has 5 atom stereocenters. The number of nitrogens with zero attached hydrogens (tertiary/aromatic N) is 1. The van der Waals surface area contributed by atoms with Crippen molar-refractivity contribution in [3.8, 4) is 17.2 Å². The van der Waals surface area contributed by atoms with Crippen molar-refractivity contribution in [1.82, 2.24) is 0 Å². The van der Waals surface area contributed by atoms with Gasteiger partial charge in [0.25, 0.3) is 0 Å². The fraction of sp³-hybridized carbons (Fsp3) is 0.500. The summed E-state index contributed by atoms with van der Waals surface area (Å²) >= 11 is 0. The Morgan fingerprint density at radius 3 is 1.44 bits per heavy atom. The average molecular weight is 669 g/mol. The monoisotopic (exact) mass is 668 g/mol. The first-order valence-corrected chi connectivity index (χ1v) is 16.7. The van der Waals surface area contributed by atoms with Crippen LogP contribution in [0.1, 0.15) is 111 Å². The summed E-state index contributed by atoms with van der Waals surface area (Å²) in [4.78, 5) is 20.6. The summed E-state index contributed by atoms with van der Waals surface area (Å²) in [6.45, 7) is 17.6. The lowest BCUT2D eigenvalue weighted by Crippen LogP contribution is -2.15. The SMILES string of the molecule is CCC(C)Oc1cccc(C(O)CN)c1C.CCC(C)Oc1cccc(C(O)C[N+](=O)[O-])c1C.CCC(C)Oc1cccc(C=O)c1C. The highest BCUT2D eigenvalue weighted by Gasteiger charge is 2.19. The Bertz CT molecular complexity index is 1410. The molecule has 3 aromatic rings. The number of ether oxygens (including phenoxy) is 3. The fourth-order valence-electron chi connectivity index (χ4n) is 4.39. The van der Waals surface area contributed by atoms with Gasteiger partial charge in [-0.2, -0.15) is 0 Å². The summed E-state index contributed by atoms with van der Waals surface area (Å²) in [5, 5.41) is 30.0. The van der Waals surface area contributed by atoms with Gasteiger partial charge in [0, 0.05) is 22.6 Å². The number of hydrogen-bond acceptors (Lipinski definition) is 9. The predicted octanol–water partition coefficient (Wildman–Crippen LogP) is 7.63. The van der Waals surface area contributed by atoms with E-state index in [0.29, 0.717) is 16.9 Å². The lowest BCUT2D eigenvalue weighted by molar-refractivity contribution is -0.491. The Labute approximate surface area is 286 Å². The summed E-state index contributed by atoms with van der Waals surface area (Å²) in [5.41, 5.74) is 10.2. The van der Waals surface area contributed by atoms with Gasteiger partial charge in [-0.25, -0.2) is 0 Å². The molecule has 266 valence electrons. The minimum Gasteiger partial charge on any atom is -0.490 e. The molecule has 0 aliphatic carbocycles. The molecule has 0 aliphatic rings. The quantitative estimate of drug-likeness (QED) is 0.0842. The summed E-state index contributed by atoms with van der Waals surface area (Å²) in [6, 6.07) is 16.5. The second-order valence-corrected chi connectivity index (χ2v) is 11.8. The van der Waals surface area contributed by atoms with Crippen LogP contribution in [0.4, 0.5) is 0 Å². The molecule has 0 spiro atoms. The van der Waals surface area contributed by atoms with E-state index in [9.17, 15) is 25.1 Å². The molecule has 3 aromatic carbocycles. The molecular formula is C38H56N2O8. The second kappa shape index (κ2) is 21.8. The van der Waals surface area contributed by atoms with E-state index in [0.717, 1.165) is 59.3 Å². The Morgan fingerprint density at radius 2 is 1.08 bits per heavy atom. The van der Waals surface area contributed by atoms with Gasteiger partial charge in [0.05, 0.1) is 24.4 Å². The Hall–Kier alpha value is -3.99. The first-order chi connectivity index (χ1) is 22.7. The van der Waals surface area contributed by atoms with E-state index >= 15 is 0 Å². The molecule has 0 saturated heterocycles. The third-order valence-corrected chi connectivity index (χ3v) is 8.08. The smallest absolute Gasteiger partial charge is 0.233 e. The minimum absolute atomic E-state index is 0.0756. The molecular weight excluding hydrogens is 612 g/mol. The highest BCUT2D eigenvalue weighted by atomic mass is 16.6. The van der Waals surface area contributed by atoms with Crippen LogP contribution in [-0.4, -0.2) is 52.8 Å². The van der Waals surface area contributed by atoms with Crippen LogP contribution in [-0.2, 0) is 0 Å². The molecule has 10 nitrogen and oxygen atoms in total. The number of aliphatic hydroxyl groups is 2. The maximum Gasteiger partial charge on any atom is 0.233 e. The standard InChI is InChI=1S/C13H19NO4.C13H21NO2.C12H16O2/c1-4-9(2)18-13-7-5-6-11(10(13)3)12(15)8-14(16)17;1-4-9(2)16-13-7-5-6-11(10(13)3)12(15)8-14;1-4-9(2)14-12-7-5-6-11(8-13)10(12)3/h5-7,9,12,15H,4,8H2,1-3H3;5-7,9,12,15H,4,8,14H2,1-3H3;5-9H,4H2,1-3H3. The number of nitro groups is 1. The molecule has 48 heavy (non-hydrogen) atoms. The van der Waals surface area contributed by atoms with E-state index in [4.69, 9.17) is 19.9 Å². The van der Waals surface area contributed by atoms with Crippen LogP contribution in [0.3, 0.4) is 0 Å². The van der Waals surface area contributed by atoms with Crippen LogP contribution in [0.5, 0.6) is 17.2 Å². The van der Waals surface area contributed by atoms with Crippen LogP contribution in [0, 0.1) is 30.9 Å². The van der Waals surface area contributed by atoms with Crippen molar-refractivity contribution in [3.05, 3.63) is 98.1 Å². The predicted molar refractivity (Wildman–Crippen MR) is 191 cm³/mol. The average Bonchev–Trinajstić information content (AvgIpc) is 3.07. The molecule has 3 rings (SSSR count). The Kier molecular flexibility index (Phi) is 19.1. The molecule has 5 unspecified atom stereocenters. The van der Waals surface area contributed by atoms with Gasteiger partial charge in [0.15, 0.2) is 0 Å². The maximum atomic E-state index is 10.7. The molecule has 0 aromatic heterocycles. The molecule has 0 heterocycles. The molecule has 0 amide bonds. The lowest BCUT2D eigenvalue weighted by atomic mass is 10.0. The van der Waals surface area contributed by atoms with Crippen molar-refractivity contribution >= 4 is 6.29 Å². The zero-order chi connectivity index (χ0) is 36.4. The summed E-state index contributed by atoms with van der Waals surface area (Å²) in [6.07, 6.45) is 2.40. The van der Waals surface area contributed by atoms with Crippen LogP contribution < -0.4 is 19.9 Å². The number of carbonyl (C=O) groups excluding carboxylic acids is 1. The Morgan fingerprint density at radius 1 is 0.708 bits per heavy atom. The largest absolute Gasteiger partial charge is 0.490 e. The van der Waals surface area contributed by atoms with Gasteiger partial charge >= 0.3 is 0 Å². The normalized spacial score (nSPS) is 13.7. The molecule has 10 heteroatoms. The van der Waals surface area contributed by atoms with Gasteiger partial charge in [0.1, 0.15) is 29.6 Å². The lowest BCUT2D eigenvalue weighted by Gasteiger charge is -2.18. The summed E-state index contributed by atoms with van der Waals surface area (Å²) in [7, 11) is 0. The zero-order valence-corrected chi connectivity index (χ0v) is 30.1. The van der Waals surface area contributed by atoms with Crippen molar-refractivity contribution in [3.63, 3.8) is 0 Å². The van der Waals surface area contributed by atoms with E-state index in [-0.39, 0.29) is 24.9 Å². The van der Waals surface area contributed by atoms with Crippen molar-refractivity contribution in [2.24, 2.45) is 5.73 Å². The van der Waals surface area contributed by atoms with Gasteiger partial charge in [-0.15, -0.1) is 0 Å². The van der Waals surface area contributed by atoms with Crippen molar-refractivity contribution in [2.45, 2.75) is 112 Å². The number of rotatable bonds is 15. The number of hydrogen-bond donors (Lipinski definition) is 3. The minimum atomic E-state index is -1.10. The highest BCUT2D eigenvalue weighted by Crippen LogP contribution is 2.28. The van der Waals surface area contributed by atoms with E-state index < -0.39 is 23.7 Å². The van der Waals surface area contributed by atoms with Crippen molar-refractivity contribution in [2.75, 3.05) is 13.1 Å². The first kappa shape index (κ1) is 42.0. The van der Waals surface area contributed by atoms with Crippen molar-refractivity contribution < 1.29 is 34.1 Å². The van der Waals surface area contributed by atoms with E-state index in [1.54, 1.807) is 25.1 Å². The summed E-state index contributed by atoms with van der Waals surface area (Å²) in [5.74, 6) is 2.31. The molecule has 0 fully saturated rings. The molecule has 0 aliphatic heterocycles. The summed E-state index contributed by atoms with van der Waals surface area (Å²) < 4.78 is 17.2. The maximum absolute atomic E-state index is 10.7. The topological polar surface area (TPSA) is 154 Å². The fourth-order valence-corrected chi connectivity index (χ4v) is 4.39. The van der Waals surface area contributed by atoms with Gasteiger partial charge in [0.2, 0.25) is 6.54 Å². The Balaban J connectivity index is 0.000000363. The van der Waals surface area contributed by atoms with Crippen molar-refractivity contribution in [1.29, 1.82) is 0 Å². The molecule has 4 N–H and O–H groups in total. The van der Waals surface area contributed by atoms with Gasteiger partial charge in [-0.3, -0.25) is 14.9 Å². The third-order valence-electron chi connectivity index (χ3n) is 8.08. The zero-order valence-electron chi connectivity index (χ0n) is 30.1.